The van der Waals surface area contributed by atoms with Gasteiger partial charge in [0.05, 0.1) is 12.6 Å². The molecule has 1 aliphatic rings. The van der Waals surface area contributed by atoms with Crippen LogP contribution in [-0.2, 0) is 5.54 Å². The minimum Gasteiger partial charge on any atom is -0.480 e. The molecule has 1 saturated carbocycles. The summed E-state index contributed by atoms with van der Waals surface area (Å²) >= 11 is 0. The first kappa shape index (κ1) is 23.6. The van der Waals surface area contributed by atoms with Crippen molar-refractivity contribution in [2.75, 3.05) is 25.6 Å². The van der Waals surface area contributed by atoms with Crippen LogP contribution in [-0.4, -0.2) is 46.5 Å². The standard InChI is InChI=1S/C27H28N4O5/c1-35-23-21-20(17-7-3-2-4-8-17)22(36-24(21)30-25(29-23)28-15-6-16-32)18-9-11-19(12-10-18)27(13-5-14-27)31-26(33)34/h2-4,7-12,31-32H,5-6,13-16H2,1H3,(H,33,34)(H,28,29,30). The number of anilines is 1. The van der Waals surface area contributed by atoms with E-state index in [2.05, 4.69) is 20.6 Å². The number of hydrogen-bond acceptors (Lipinski definition) is 7. The van der Waals surface area contributed by atoms with Crippen LogP contribution in [0.2, 0.25) is 0 Å². The number of methoxy groups -OCH3 is 1. The van der Waals surface area contributed by atoms with Crippen LogP contribution in [0.4, 0.5) is 10.7 Å². The van der Waals surface area contributed by atoms with E-state index >= 15 is 0 Å². The number of fused-ring (bicyclic) bond motifs is 1. The molecule has 2 heterocycles. The lowest BCUT2D eigenvalue weighted by atomic mass is 9.72. The summed E-state index contributed by atoms with van der Waals surface area (Å²) < 4.78 is 12.0. The maximum atomic E-state index is 11.4. The summed E-state index contributed by atoms with van der Waals surface area (Å²) in [5.41, 5.74) is 3.36. The zero-order valence-electron chi connectivity index (χ0n) is 20.0. The van der Waals surface area contributed by atoms with Gasteiger partial charge >= 0.3 is 6.09 Å². The molecule has 9 heteroatoms. The molecule has 5 rings (SSSR count). The second-order valence-electron chi connectivity index (χ2n) is 8.86. The summed E-state index contributed by atoms with van der Waals surface area (Å²) in [7, 11) is 1.56. The van der Waals surface area contributed by atoms with E-state index in [1.807, 2.05) is 54.6 Å². The van der Waals surface area contributed by atoms with Crippen molar-refractivity contribution in [1.82, 2.24) is 15.3 Å². The number of nitrogens with zero attached hydrogens (tertiary/aromatic N) is 2. The van der Waals surface area contributed by atoms with E-state index in [0.717, 1.165) is 41.5 Å². The van der Waals surface area contributed by atoms with Gasteiger partial charge in [0.1, 0.15) is 11.1 Å². The number of aliphatic hydroxyl groups excluding tert-OH is 1. The highest BCUT2D eigenvalue weighted by molar-refractivity contribution is 6.03. The lowest BCUT2D eigenvalue weighted by Crippen LogP contribution is -2.50. The van der Waals surface area contributed by atoms with Crippen LogP contribution >= 0.6 is 0 Å². The zero-order chi connectivity index (χ0) is 25.1. The molecule has 36 heavy (non-hydrogen) atoms. The molecule has 2 aromatic heterocycles. The van der Waals surface area contributed by atoms with Crippen LogP contribution in [0.1, 0.15) is 31.2 Å². The van der Waals surface area contributed by atoms with E-state index < -0.39 is 11.6 Å². The molecule has 4 N–H and O–H groups in total. The van der Waals surface area contributed by atoms with Crippen molar-refractivity contribution in [2.45, 2.75) is 31.2 Å². The van der Waals surface area contributed by atoms with Crippen molar-refractivity contribution in [2.24, 2.45) is 0 Å². The number of rotatable bonds is 9. The number of aromatic nitrogens is 2. The molecule has 0 bridgehead atoms. The maximum absolute atomic E-state index is 11.4. The van der Waals surface area contributed by atoms with E-state index in [0.29, 0.717) is 41.7 Å². The van der Waals surface area contributed by atoms with Gasteiger partial charge in [-0.25, -0.2) is 4.79 Å². The molecule has 9 nitrogen and oxygen atoms in total. The second-order valence-corrected chi connectivity index (χ2v) is 8.86. The average Bonchev–Trinajstić information content (AvgIpc) is 3.26. The maximum Gasteiger partial charge on any atom is 0.405 e. The van der Waals surface area contributed by atoms with Crippen molar-refractivity contribution in [3.8, 4) is 28.3 Å². The van der Waals surface area contributed by atoms with Gasteiger partial charge in [-0.05, 0) is 36.8 Å². The molecule has 0 spiro atoms. The van der Waals surface area contributed by atoms with Crippen LogP contribution in [0.15, 0.2) is 59.0 Å². The third-order valence-electron chi connectivity index (χ3n) is 6.65. The molecule has 0 aliphatic heterocycles. The molecule has 186 valence electrons. The van der Waals surface area contributed by atoms with Crippen LogP contribution < -0.4 is 15.4 Å². The SMILES string of the molecule is COc1nc(NCCCO)nc2oc(-c3ccc(C4(NC(=O)O)CCC4)cc3)c(-c3ccccc3)c12. The van der Waals surface area contributed by atoms with E-state index in [1.165, 1.54) is 0 Å². The molecular formula is C27H28N4O5. The first-order valence-electron chi connectivity index (χ1n) is 12.0. The fourth-order valence-electron chi connectivity index (χ4n) is 4.72. The van der Waals surface area contributed by atoms with Gasteiger partial charge in [-0.3, -0.25) is 0 Å². The fraction of sp³-hybridized carbons (Fsp3) is 0.296. The molecule has 0 atom stereocenters. The number of ether oxygens (including phenoxy) is 1. The molecule has 1 aliphatic carbocycles. The summed E-state index contributed by atoms with van der Waals surface area (Å²) in [4.78, 5) is 20.5. The number of benzene rings is 2. The molecule has 1 amide bonds. The van der Waals surface area contributed by atoms with Crippen LogP contribution in [0.3, 0.4) is 0 Å². The molecule has 0 radical (unpaired) electrons. The Morgan fingerprint density at radius 3 is 2.44 bits per heavy atom. The van der Waals surface area contributed by atoms with Gasteiger partial charge in [0, 0.05) is 24.3 Å². The monoisotopic (exact) mass is 488 g/mol. The Bertz CT molecular complexity index is 1360. The van der Waals surface area contributed by atoms with Crippen molar-refractivity contribution >= 4 is 23.1 Å². The average molecular weight is 489 g/mol. The third-order valence-corrected chi connectivity index (χ3v) is 6.65. The minimum absolute atomic E-state index is 0.0642. The highest BCUT2D eigenvalue weighted by atomic mass is 16.5. The number of hydrogen-bond donors (Lipinski definition) is 4. The number of amides is 1. The fourth-order valence-corrected chi connectivity index (χ4v) is 4.72. The van der Waals surface area contributed by atoms with E-state index in [4.69, 9.17) is 14.3 Å². The smallest absolute Gasteiger partial charge is 0.405 e. The van der Waals surface area contributed by atoms with Gasteiger partial charge in [0.2, 0.25) is 17.5 Å². The topological polar surface area (TPSA) is 130 Å². The number of nitrogens with one attached hydrogen (secondary N) is 2. The summed E-state index contributed by atoms with van der Waals surface area (Å²) in [6.07, 6.45) is 2.08. The first-order chi connectivity index (χ1) is 17.5. The molecule has 0 saturated heterocycles. The lowest BCUT2D eigenvalue weighted by molar-refractivity contribution is 0.144. The van der Waals surface area contributed by atoms with Crippen LogP contribution in [0.25, 0.3) is 33.6 Å². The Morgan fingerprint density at radius 1 is 1.08 bits per heavy atom. The Morgan fingerprint density at radius 2 is 1.83 bits per heavy atom. The number of carboxylic acid groups (broad SMARTS) is 1. The van der Waals surface area contributed by atoms with Gasteiger partial charge < -0.3 is 30.0 Å². The number of furan rings is 1. The van der Waals surface area contributed by atoms with Gasteiger partial charge in [0.15, 0.2) is 0 Å². The van der Waals surface area contributed by atoms with E-state index in [1.54, 1.807) is 7.11 Å². The lowest BCUT2D eigenvalue weighted by Gasteiger charge is -2.42. The van der Waals surface area contributed by atoms with Gasteiger partial charge in [-0.1, -0.05) is 54.6 Å². The highest BCUT2D eigenvalue weighted by Gasteiger charge is 2.40. The normalized spacial score (nSPS) is 14.3. The Hall–Kier alpha value is -4.11. The molecular weight excluding hydrogens is 460 g/mol. The molecule has 2 aromatic carbocycles. The largest absolute Gasteiger partial charge is 0.480 e. The quantitative estimate of drug-likeness (QED) is 0.242. The van der Waals surface area contributed by atoms with Crippen molar-refractivity contribution in [3.63, 3.8) is 0 Å². The van der Waals surface area contributed by atoms with E-state index in [9.17, 15) is 9.90 Å². The number of aliphatic hydroxyl groups is 1. The summed E-state index contributed by atoms with van der Waals surface area (Å²) in [6.45, 7) is 0.576. The zero-order valence-corrected chi connectivity index (χ0v) is 20.0. The Balaban J connectivity index is 1.62. The van der Waals surface area contributed by atoms with Crippen LogP contribution in [0.5, 0.6) is 5.88 Å². The van der Waals surface area contributed by atoms with Crippen molar-refractivity contribution < 1.29 is 24.2 Å². The minimum atomic E-state index is -1.02. The van der Waals surface area contributed by atoms with Crippen molar-refractivity contribution in [3.05, 3.63) is 60.2 Å². The first-order valence-corrected chi connectivity index (χ1v) is 12.0. The summed E-state index contributed by atoms with van der Waals surface area (Å²) in [6, 6.07) is 17.7. The molecule has 0 unspecified atom stereocenters. The molecule has 4 aromatic rings. The Kier molecular flexibility index (Phi) is 6.47. The van der Waals surface area contributed by atoms with Gasteiger partial charge in [0.25, 0.3) is 0 Å². The number of carbonyl (C=O) groups is 1. The predicted octanol–water partition coefficient (Wildman–Crippen LogP) is 5.01. The van der Waals surface area contributed by atoms with E-state index in [-0.39, 0.29) is 6.61 Å². The third kappa shape index (κ3) is 4.33. The van der Waals surface area contributed by atoms with Gasteiger partial charge in [-0.2, -0.15) is 9.97 Å². The summed E-state index contributed by atoms with van der Waals surface area (Å²) in [5, 5.41) is 24.9. The van der Waals surface area contributed by atoms with Crippen molar-refractivity contribution in [1.29, 1.82) is 0 Å². The van der Waals surface area contributed by atoms with Crippen LogP contribution in [0, 0.1) is 0 Å². The predicted molar refractivity (Wildman–Crippen MR) is 136 cm³/mol. The second kappa shape index (κ2) is 9.87. The molecule has 1 fully saturated rings. The Labute approximate surface area is 208 Å². The summed E-state index contributed by atoms with van der Waals surface area (Å²) in [5.74, 6) is 1.36. The van der Waals surface area contributed by atoms with Gasteiger partial charge in [-0.15, -0.1) is 0 Å². The highest BCUT2D eigenvalue weighted by Crippen LogP contribution is 2.45.